The van der Waals surface area contributed by atoms with Crippen LogP contribution >= 0.6 is 0 Å². The first-order chi connectivity index (χ1) is 18.0. The minimum atomic E-state index is -0.503. The Kier molecular flexibility index (Phi) is 5.87. The average Bonchev–Trinajstić information content (AvgIpc) is 2.93. The molecule has 1 amide bonds. The zero-order chi connectivity index (χ0) is 25.5. The Morgan fingerprint density at radius 2 is 1.73 bits per heavy atom. The second kappa shape index (κ2) is 9.36. The molecule has 0 saturated carbocycles. The number of hydrogen-bond donors (Lipinski definition) is 1. The summed E-state index contributed by atoms with van der Waals surface area (Å²) in [5, 5.41) is 0.296. The van der Waals surface area contributed by atoms with Crippen molar-refractivity contribution in [3.63, 3.8) is 0 Å². The van der Waals surface area contributed by atoms with Gasteiger partial charge in [-0.1, -0.05) is 0 Å². The smallest absolute Gasteiger partial charge is 0.329 e. The summed E-state index contributed by atoms with van der Waals surface area (Å²) in [6, 6.07) is 3.46. The number of amides is 1. The zero-order valence-electron chi connectivity index (χ0n) is 20.4. The van der Waals surface area contributed by atoms with Crippen LogP contribution in [-0.2, 0) is 9.53 Å². The summed E-state index contributed by atoms with van der Waals surface area (Å²) in [5.74, 6) is 0.650. The van der Waals surface area contributed by atoms with Gasteiger partial charge in [0.25, 0.3) is 5.56 Å². The number of nitrogens with one attached hydrogen (secondary N) is 1. The molecule has 12 nitrogen and oxygen atoms in total. The molecule has 0 aromatic carbocycles. The van der Waals surface area contributed by atoms with Gasteiger partial charge in [0.15, 0.2) is 0 Å². The standard InChI is InChI=1S/C25H26N8O4/c1-15(34)31-6-4-17(5-7-31)33-22-18(23(35)30-25(33)36)14-26-20-3-2-19(29-21(20)22)16-12-27-24(28-13-16)32-8-10-37-11-9-32/h2-3,12-14,17H,4-11H2,1H3,(H,30,35,36). The molecule has 2 fully saturated rings. The number of hydrogen-bond acceptors (Lipinski definition) is 9. The van der Waals surface area contributed by atoms with E-state index in [2.05, 4.69) is 24.8 Å². The van der Waals surface area contributed by atoms with Crippen molar-refractivity contribution < 1.29 is 9.53 Å². The molecule has 0 unspecified atom stereocenters. The summed E-state index contributed by atoms with van der Waals surface area (Å²) in [5.41, 5.74) is 1.82. The van der Waals surface area contributed by atoms with Crippen LogP contribution in [0.15, 0.2) is 40.3 Å². The molecule has 2 saturated heterocycles. The Balaban J connectivity index is 1.45. The molecule has 190 valence electrons. The maximum Gasteiger partial charge on any atom is 0.329 e. The van der Waals surface area contributed by atoms with Gasteiger partial charge in [-0.25, -0.2) is 19.7 Å². The second-order valence-corrected chi connectivity index (χ2v) is 9.32. The fourth-order valence-electron chi connectivity index (χ4n) is 5.12. The number of morpholine rings is 1. The summed E-state index contributed by atoms with van der Waals surface area (Å²) < 4.78 is 7.02. The van der Waals surface area contributed by atoms with E-state index in [1.54, 1.807) is 28.8 Å². The van der Waals surface area contributed by atoms with Crippen LogP contribution in [0.25, 0.3) is 33.2 Å². The molecule has 0 bridgehead atoms. The van der Waals surface area contributed by atoms with Gasteiger partial charge >= 0.3 is 5.69 Å². The lowest BCUT2D eigenvalue weighted by Gasteiger charge is -2.32. The number of likely N-dealkylation sites (tertiary alicyclic amines) is 1. The number of rotatable bonds is 3. The molecule has 6 heterocycles. The van der Waals surface area contributed by atoms with E-state index in [9.17, 15) is 14.4 Å². The monoisotopic (exact) mass is 502 g/mol. The number of fused-ring (bicyclic) bond motifs is 3. The van der Waals surface area contributed by atoms with Gasteiger partial charge in [-0.2, -0.15) is 0 Å². The third-order valence-corrected chi connectivity index (χ3v) is 7.11. The lowest BCUT2D eigenvalue weighted by atomic mass is 10.0. The van der Waals surface area contributed by atoms with Crippen LogP contribution in [0.2, 0.25) is 0 Å². The van der Waals surface area contributed by atoms with Crippen molar-refractivity contribution in [1.29, 1.82) is 0 Å². The number of carbonyl (C=O) groups is 1. The highest BCUT2D eigenvalue weighted by molar-refractivity contribution is 6.01. The predicted octanol–water partition coefficient (Wildman–Crippen LogP) is 1.11. The summed E-state index contributed by atoms with van der Waals surface area (Å²) in [6.07, 6.45) is 6.13. The quantitative estimate of drug-likeness (QED) is 0.408. The molecule has 6 rings (SSSR count). The van der Waals surface area contributed by atoms with E-state index in [1.165, 1.54) is 6.20 Å². The van der Waals surface area contributed by atoms with Crippen molar-refractivity contribution in [3.8, 4) is 11.3 Å². The number of carbonyl (C=O) groups excluding carboxylic acids is 1. The molecular formula is C25H26N8O4. The van der Waals surface area contributed by atoms with E-state index in [1.807, 2.05) is 12.1 Å². The second-order valence-electron chi connectivity index (χ2n) is 9.32. The lowest BCUT2D eigenvalue weighted by Crippen LogP contribution is -2.41. The van der Waals surface area contributed by atoms with Crippen LogP contribution < -0.4 is 16.1 Å². The van der Waals surface area contributed by atoms with E-state index in [0.29, 0.717) is 78.3 Å². The minimum absolute atomic E-state index is 0.0138. The molecule has 2 aliphatic heterocycles. The van der Waals surface area contributed by atoms with E-state index in [0.717, 1.165) is 13.1 Å². The summed E-state index contributed by atoms with van der Waals surface area (Å²) in [7, 11) is 0. The number of H-pyrrole nitrogens is 1. The van der Waals surface area contributed by atoms with Gasteiger partial charge in [0.2, 0.25) is 11.9 Å². The number of pyridine rings is 2. The number of aromatic amines is 1. The van der Waals surface area contributed by atoms with Crippen molar-refractivity contribution in [2.24, 2.45) is 0 Å². The third-order valence-electron chi connectivity index (χ3n) is 7.11. The van der Waals surface area contributed by atoms with Crippen molar-refractivity contribution >= 4 is 33.8 Å². The van der Waals surface area contributed by atoms with Crippen LogP contribution in [0, 0.1) is 0 Å². The molecule has 12 heteroatoms. The molecule has 2 aliphatic rings. The maximum atomic E-state index is 13.1. The first-order valence-electron chi connectivity index (χ1n) is 12.3. The number of piperidine rings is 1. The van der Waals surface area contributed by atoms with Gasteiger partial charge in [0.05, 0.1) is 35.3 Å². The van der Waals surface area contributed by atoms with Gasteiger partial charge < -0.3 is 14.5 Å². The fraction of sp³-hybridized carbons (Fsp3) is 0.400. The molecule has 4 aromatic rings. The van der Waals surface area contributed by atoms with Crippen LogP contribution in [0.3, 0.4) is 0 Å². The summed E-state index contributed by atoms with van der Waals surface area (Å²) in [4.78, 5) is 62.2. The number of nitrogens with zero attached hydrogens (tertiary/aromatic N) is 7. The highest BCUT2D eigenvalue weighted by Gasteiger charge is 2.26. The van der Waals surface area contributed by atoms with Crippen molar-refractivity contribution in [2.45, 2.75) is 25.8 Å². The zero-order valence-corrected chi connectivity index (χ0v) is 20.4. The third kappa shape index (κ3) is 4.22. The van der Waals surface area contributed by atoms with E-state index in [4.69, 9.17) is 9.72 Å². The number of anilines is 1. The Morgan fingerprint density at radius 3 is 2.43 bits per heavy atom. The molecule has 1 N–H and O–H groups in total. The first kappa shape index (κ1) is 23.2. The molecule has 0 radical (unpaired) electrons. The van der Waals surface area contributed by atoms with Crippen molar-refractivity contribution in [2.75, 3.05) is 44.3 Å². The highest BCUT2D eigenvalue weighted by Crippen LogP contribution is 2.28. The summed E-state index contributed by atoms with van der Waals surface area (Å²) >= 11 is 0. The summed E-state index contributed by atoms with van der Waals surface area (Å²) in [6.45, 7) is 5.40. The normalized spacial score (nSPS) is 17.0. The van der Waals surface area contributed by atoms with Gasteiger partial charge in [-0.3, -0.25) is 24.1 Å². The number of ether oxygens (including phenoxy) is 1. The Morgan fingerprint density at radius 1 is 1.00 bits per heavy atom. The first-order valence-corrected chi connectivity index (χ1v) is 12.3. The molecule has 0 aliphatic carbocycles. The van der Waals surface area contributed by atoms with Crippen LogP contribution in [-0.4, -0.2) is 79.7 Å². The van der Waals surface area contributed by atoms with Gasteiger partial charge in [0, 0.05) is 63.3 Å². The topological polar surface area (TPSA) is 139 Å². The lowest BCUT2D eigenvalue weighted by molar-refractivity contribution is -0.130. The molecule has 0 spiro atoms. The molecule has 37 heavy (non-hydrogen) atoms. The highest BCUT2D eigenvalue weighted by atomic mass is 16.5. The molecule has 4 aromatic heterocycles. The van der Waals surface area contributed by atoms with Crippen LogP contribution in [0.1, 0.15) is 25.8 Å². The average molecular weight is 503 g/mol. The van der Waals surface area contributed by atoms with Crippen molar-refractivity contribution in [3.05, 3.63) is 51.6 Å². The van der Waals surface area contributed by atoms with Gasteiger partial charge in [-0.05, 0) is 25.0 Å². The van der Waals surface area contributed by atoms with E-state index in [-0.39, 0.29) is 11.9 Å². The SMILES string of the molecule is CC(=O)N1CCC(n2c(=O)[nH]c(=O)c3cnc4ccc(-c5cnc(N6CCOCC6)nc5)nc4c32)CC1. The molecular weight excluding hydrogens is 476 g/mol. The largest absolute Gasteiger partial charge is 0.378 e. The molecule has 0 atom stereocenters. The number of aromatic nitrogens is 6. The van der Waals surface area contributed by atoms with Crippen LogP contribution in [0.5, 0.6) is 0 Å². The predicted molar refractivity (Wildman–Crippen MR) is 137 cm³/mol. The Labute approximate surface area is 211 Å². The maximum absolute atomic E-state index is 13.1. The van der Waals surface area contributed by atoms with Gasteiger partial charge in [0.1, 0.15) is 5.52 Å². The Hall–Kier alpha value is -4.19. The van der Waals surface area contributed by atoms with E-state index >= 15 is 0 Å². The van der Waals surface area contributed by atoms with E-state index < -0.39 is 11.2 Å². The minimum Gasteiger partial charge on any atom is -0.378 e. The van der Waals surface area contributed by atoms with Crippen molar-refractivity contribution in [1.82, 2.24) is 34.4 Å². The Bertz CT molecular complexity index is 1600. The van der Waals surface area contributed by atoms with Gasteiger partial charge in [-0.15, -0.1) is 0 Å². The fourth-order valence-corrected chi connectivity index (χ4v) is 5.12. The van der Waals surface area contributed by atoms with Crippen LogP contribution in [0.4, 0.5) is 5.95 Å².